The molecule has 3 amide bonds. The maximum Gasteiger partial charge on any atom is 0.408 e. The number of carbonyl (C=O) groups excluding carboxylic acids is 3. The minimum atomic E-state index is -4.73. The summed E-state index contributed by atoms with van der Waals surface area (Å²) in [5.41, 5.74) is 1.69. The van der Waals surface area contributed by atoms with E-state index in [2.05, 4.69) is 10.7 Å². The van der Waals surface area contributed by atoms with E-state index < -0.39 is 42.1 Å². The van der Waals surface area contributed by atoms with Crippen molar-refractivity contribution in [3.05, 3.63) is 54.4 Å². The van der Waals surface area contributed by atoms with E-state index in [1.54, 1.807) is 30.3 Å². The molecule has 1 heterocycles. The molecule has 168 valence electrons. The van der Waals surface area contributed by atoms with Gasteiger partial charge < -0.3 is 15.4 Å². The first kappa shape index (κ1) is 23.8. The third-order valence-corrected chi connectivity index (χ3v) is 3.69. The Kier molecular flexibility index (Phi) is 7.32. The maximum atomic E-state index is 12.9. The Morgan fingerprint density at radius 1 is 1.03 bits per heavy atom. The molecule has 1 atom stereocenters. The monoisotopic (exact) mass is 440 g/mol. The van der Waals surface area contributed by atoms with Crippen molar-refractivity contribution in [2.45, 2.75) is 45.0 Å². The van der Waals surface area contributed by atoms with Crippen LogP contribution in [-0.4, -0.2) is 40.4 Å². The third-order valence-electron chi connectivity index (χ3n) is 3.69. The summed E-state index contributed by atoms with van der Waals surface area (Å²) in [5.74, 6) is -1.77. The number of alkyl carbamates (subject to hydrolysis) is 1. The molecule has 8 nitrogen and oxygen atoms in total. The number of hydrogen-bond donors (Lipinski definition) is 3. The van der Waals surface area contributed by atoms with Crippen LogP contribution in [0.1, 0.15) is 37.7 Å². The average Bonchev–Trinajstić information content (AvgIpc) is 3.07. The quantitative estimate of drug-likeness (QED) is 0.638. The van der Waals surface area contributed by atoms with E-state index in [1.807, 2.05) is 5.32 Å². The minimum absolute atomic E-state index is 0.0276. The predicted octanol–water partition coefficient (Wildman–Crippen LogP) is 3.66. The van der Waals surface area contributed by atoms with E-state index in [-0.39, 0.29) is 5.69 Å². The van der Waals surface area contributed by atoms with Gasteiger partial charge in [0.2, 0.25) is 0 Å². The Morgan fingerprint density at radius 2 is 1.68 bits per heavy atom. The fourth-order valence-electron chi connectivity index (χ4n) is 2.47. The molecule has 0 aliphatic carbocycles. The number of ether oxygens (including phenoxy) is 1. The van der Waals surface area contributed by atoms with E-state index in [0.29, 0.717) is 5.69 Å². The average molecular weight is 440 g/mol. The number of halogens is 3. The van der Waals surface area contributed by atoms with Crippen molar-refractivity contribution in [1.29, 1.82) is 0 Å². The van der Waals surface area contributed by atoms with Crippen molar-refractivity contribution in [2.75, 3.05) is 10.7 Å². The summed E-state index contributed by atoms with van der Waals surface area (Å²) in [6.45, 7) is 4.59. The molecule has 0 aliphatic rings. The summed E-state index contributed by atoms with van der Waals surface area (Å²) in [6.07, 6.45) is -6.24. The Balaban J connectivity index is 2.13. The highest BCUT2D eigenvalue weighted by Gasteiger charge is 2.37. The van der Waals surface area contributed by atoms with Crippen LogP contribution in [0.25, 0.3) is 0 Å². The maximum absolute atomic E-state index is 12.9. The Labute approximate surface area is 176 Å². The van der Waals surface area contributed by atoms with Crippen LogP contribution in [0.2, 0.25) is 0 Å². The predicted molar refractivity (Wildman–Crippen MR) is 107 cm³/mol. The number of anilines is 1. The number of aromatic nitrogens is 1. The van der Waals surface area contributed by atoms with Crippen LogP contribution in [0, 0.1) is 0 Å². The standard InChI is InChI=1S/C20H23F3N4O4/c1-19(2,3)31-18(30)25-14(12-20(21,22)23)16(28)26-27-11-7-10-15(27)17(29)24-13-8-5-4-6-9-13/h4-11,14H,12H2,1-3H3,(H,24,29)(H,25,30)(H,26,28). The summed E-state index contributed by atoms with van der Waals surface area (Å²) in [5, 5.41) is 4.53. The molecular weight excluding hydrogens is 417 g/mol. The van der Waals surface area contributed by atoms with Gasteiger partial charge in [-0.15, -0.1) is 0 Å². The first-order valence-electron chi connectivity index (χ1n) is 9.25. The number of amides is 3. The summed E-state index contributed by atoms with van der Waals surface area (Å²) in [6, 6.07) is 9.31. The molecule has 1 aromatic heterocycles. The molecule has 3 N–H and O–H groups in total. The second-order valence-electron chi connectivity index (χ2n) is 7.58. The van der Waals surface area contributed by atoms with Crippen molar-refractivity contribution in [1.82, 2.24) is 9.99 Å². The van der Waals surface area contributed by atoms with Crippen LogP contribution >= 0.6 is 0 Å². The Bertz CT molecular complexity index is 920. The van der Waals surface area contributed by atoms with Gasteiger partial charge in [-0.1, -0.05) is 18.2 Å². The Hall–Kier alpha value is -3.50. The SMILES string of the molecule is CC(C)(C)OC(=O)NC(CC(F)(F)F)C(=O)Nn1cccc1C(=O)Nc1ccccc1. The van der Waals surface area contributed by atoms with Crippen LogP contribution in [0.5, 0.6) is 0 Å². The number of nitrogens with one attached hydrogen (secondary N) is 3. The third kappa shape index (κ3) is 8.03. The van der Waals surface area contributed by atoms with Gasteiger partial charge >= 0.3 is 12.3 Å². The number of rotatable bonds is 6. The lowest BCUT2D eigenvalue weighted by molar-refractivity contribution is -0.147. The van der Waals surface area contributed by atoms with E-state index in [0.717, 1.165) is 4.68 Å². The van der Waals surface area contributed by atoms with Gasteiger partial charge in [0.15, 0.2) is 0 Å². The number of benzene rings is 1. The van der Waals surface area contributed by atoms with Crippen LogP contribution in [0.3, 0.4) is 0 Å². The zero-order valence-corrected chi connectivity index (χ0v) is 17.1. The lowest BCUT2D eigenvalue weighted by atomic mass is 10.2. The molecule has 0 radical (unpaired) electrons. The van der Waals surface area contributed by atoms with E-state index in [4.69, 9.17) is 4.74 Å². The minimum Gasteiger partial charge on any atom is -0.444 e. The van der Waals surface area contributed by atoms with E-state index >= 15 is 0 Å². The molecule has 31 heavy (non-hydrogen) atoms. The lowest BCUT2D eigenvalue weighted by Crippen LogP contribution is -2.49. The fraction of sp³-hybridized carbons (Fsp3) is 0.350. The molecule has 1 aromatic carbocycles. The van der Waals surface area contributed by atoms with Crippen LogP contribution < -0.4 is 16.1 Å². The largest absolute Gasteiger partial charge is 0.444 e. The van der Waals surface area contributed by atoms with Crippen LogP contribution in [0.4, 0.5) is 23.7 Å². The summed E-state index contributed by atoms with van der Waals surface area (Å²) in [4.78, 5) is 36.8. The summed E-state index contributed by atoms with van der Waals surface area (Å²) < 4.78 is 44.7. The first-order chi connectivity index (χ1) is 14.3. The molecular formula is C20H23F3N4O4. The molecule has 0 aliphatic heterocycles. The highest BCUT2D eigenvalue weighted by Crippen LogP contribution is 2.22. The molecule has 11 heteroatoms. The number of carbonyl (C=O) groups is 3. The topological polar surface area (TPSA) is 101 Å². The molecule has 0 spiro atoms. The second kappa shape index (κ2) is 9.54. The van der Waals surface area contributed by atoms with E-state index in [1.165, 1.54) is 39.1 Å². The number of alkyl halides is 3. The normalized spacial score (nSPS) is 12.6. The van der Waals surface area contributed by atoms with Gasteiger partial charge in [-0.3, -0.25) is 19.7 Å². The van der Waals surface area contributed by atoms with Gasteiger partial charge in [0.25, 0.3) is 11.8 Å². The van der Waals surface area contributed by atoms with Crippen LogP contribution in [0.15, 0.2) is 48.7 Å². The van der Waals surface area contributed by atoms with Gasteiger partial charge in [-0.05, 0) is 45.0 Å². The van der Waals surface area contributed by atoms with Gasteiger partial charge in [0.05, 0.1) is 6.42 Å². The van der Waals surface area contributed by atoms with Crippen molar-refractivity contribution >= 4 is 23.6 Å². The Morgan fingerprint density at radius 3 is 2.26 bits per heavy atom. The molecule has 2 aromatic rings. The first-order valence-corrected chi connectivity index (χ1v) is 9.25. The van der Waals surface area contributed by atoms with Crippen molar-refractivity contribution < 1.29 is 32.3 Å². The van der Waals surface area contributed by atoms with Crippen molar-refractivity contribution in [2.24, 2.45) is 0 Å². The zero-order valence-electron chi connectivity index (χ0n) is 17.1. The second-order valence-corrected chi connectivity index (χ2v) is 7.58. The fourth-order valence-corrected chi connectivity index (χ4v) is 2.47. The van der Waals surface area contributed by atoms with Gasteiger partial charge in [-0.2, -0.15) is 13.2 Å². The van der Waals surface area contributed by atoms with Gasteiger partial charge in [-0.25, -0.2) is 4.79 Å². The van der Waals surface area contributed by atoms with Gasteiger partial charge in [0.1, 0.15) is 17.3 Å². The number of hydrogen-bond acceptors (Lipinski definition) is 4. The lowest BCUT2D eigenvalue weighted by Gasteiger charge is -2.24. The molecule has 0 fully saturated rings. The van der Waals surface area contributed by atoms with Gasteiger partial charge in [0, 0.05) is 11.9 Å². The molecule has 0 saturated heterocycles. The number of para-hydroxylation sites is 1. The highest BCUT2D eigenvalue weighted by molar-refractivity contribution is 6.04. The molecule has 0 saturated carbocycles. The van der Waals surface area contributed by atoms with Crippen LogP contribution in [-0.2, 0) is 9.53 Å². The molecule has 1 unspecified atom stereocenters. The van der Waals surface area contributed by atoms with E-state index in [9.17, 15) is 27.6 Å². The highest BCUT2D eigenvalue weighted by atomic mass is 19.4. The number of nitrogens with zero attached hydrogens (tertiary/aromatic N) is 1. The molecule has 0 bridgehead atoms. The van der Waals surface area contributed by atoms with Crippen molar-refractivity contribution in [3.63, 3.8) is 0 Å². The smallest absolute Gasteiger partial charge is 0.408 e. The summed E-state index contributed by atoms with van der Waals surface area (Å²) >= 11 is 0. The van der Waals surface area contributed by atoms with Crippen molar-refractivity contribution in [3.8, 4) is 0 Å². The zero-order chi connectivity index (χ0) is 23.2. The molecule has 2 rings (SSSR count). The summed E-state index contributed by atoms with van der Waals surface area (Å²) in [7, 11) is 0.